The Labute approximate surface area is 89.6 Å². The first-order chi connectivity index (χ1) is 5.65. The number of aromatic nitrogens is 2. The average Bonchev–Trinajstić information content (AvgIpc) is 2.08. The summed E-state index contributed by atoms with van der Waals surface area (Å²) in [6.45, 7) is 1.87. The van der Waals surface area contributed by atoms with Crippen LogP contribution in [0.2, 0.25) is 5.15 Å². The molecule has 0 aliphatic heterocycles. The molecule has 0 fully saturated rings. The predicted octanol–water partition coefficient (Wildman–Crippen LogP) is 2.44. The monoisotopic (exact) mass is 298 g/mol. The van der Waals surface area contributed by atoms with Gasteiger partial charge in [-0.3, -0.25) is 0 Å². The van der Waals surface area contributed by atoms with Crippen molar-refractivity contribution in [3.05, 3.63) is 20.7 Å². The molecule has 3 nitrogen and oxygen atoms in total. The molecule has 66 valence electrons. The summed E-state index contributed by atoms with van der Waals surface area (Å²) in [5, 5.41) is 0.476. The summed E-state index contributed by atoms with van der Waals surface area (Å²) >= 11 is 7.88. The van der Waals surface area contributed by atoms with Gasteiger partial charge in [-0.1, -0.05) is 11.6 Å². The van der Waals surface area contributed by atoms with Crippen molar-refractivity contribution in [2.45, 2.75) is 13.0 Å². The van der Waals surface area contributed by atoms with Gasteiger partial charge in [0, 0.05) is 13.3 Å². The standard InChI is InChI=1S/C7H8ClIN2O/c1-4(12-2)7-10-3-5(9)6(8)11-7/h3-4H,1-2H3. The van der Waals surface area contributed by atoms with Crippen LogP contribution in [0.5, 0.6) is 0 Å². The maximum absolute atomic E-state index is 5.80. The molecule has 1 aromatic rings. The number of halogens is 2. The van der Waals surface area contributed by atoms with E-state index in [1.165, 1.54) is 0 Å². The molecule has 1 unspecified atom stereocenters. The minimum Gasteiger partial charge on any atom is -0.374 e. The van der Waals surface area contributed by atoms with Crippen molar-refractivity contribution in [3.63, 3.8) is 0 Å². The molecule has 0 spiro atoms. The van der Waals surface area contributed by atoms with Gasteiger partial charge in [0.05, 0.1) is 3.57 Å². The summed E-state index contributed by atoms with van der Waals surface area (Å²) in [7, 11) is 1.61. The number of hydrogen-bond donors (Lipinski definition) is 0. The van der Waals surface area contributed by atoms with E-state index in [1.807, 2.05) is 6.92 Å². The Morgan fingerprint density at radius 2 is 2.33 bits per heavy atom. The Balaban J connectivity index is 2.96. The Kier molecular flexibility index (Phi) is 3.67. The zero-order valence-corrected chi connectivity index (χ0v) is 9.63. The Morgan fingerprint density at radius 1 is 1.67 bits per heavy atom. The van der Waals surface area contributed by atoms with Gasteiger partial charge in [0.1, 0.15) is 11.3 Å². The van der Waals surface area contributed by atoms with Gasteiger partial charge in [0.2, 0.25) is 0 Å². The van der Waals surface area contributed by atoms with Crippen LogP contribution in [0.3, 0.4) is 0 Å². The van der Waals surface area contributed by atoms with E-state index in [0.717, 1.165) is 3.57 Å². The normalized spacial score (nSPS) is 13.0. The predicted molar refractivity (Wildman–Crippen MR) is 55.2 cm³/mol. The molecule has 1 atom stereocenters. The molecule has 0 aromatic carbocycles. The second-order valence-corrected chi connectivity index (χ2v) is 3.77. The summed E-state index contributed by atoms with van der Waals surface area (Å²) < 4.78 is 5.89. The van der Waals surface area contributed by atoms with Gasteiger partial charge in [-0.15, -0.1) is 0 Å². The quantitative estimate of drug-likeness (QED) is 0.621. The first-order valence-corrected chi connectivity index (χ1v) is 4.81. The minimum atomic E-state index is -0.112. The molecule has 1 heterocycles. The highest BCUT2D eigenvalue weighted by Crippen LogP contribution is 2.17. The van der Waals surface area contributed by atoms with Gasteiger partial charge in [-0.05, 0) is 29.5 Å². The first kappa shape index (κ1) is 10.1. The van der Waals surface area contributed by atoms with Crippen LogP contribution in [0.4, 0.5) is 0 Å². The van der Waals surface area contributed by atoms with Crippen LogP contribution in [-0.2, 0) is 4.74 Å². The third-order valence-electron chi connectivity index (χ3n) is 1.44. The van der Waals surface area contributed by atoms with Crippen LogP contribution in [0.25, 0.3) is 0 Å². The maximum atomic E-state index is 5.80. The SMILES string of the molecule is COC(C)c1ncc(I)c(Cl)n1. The van der Waals surface area contributed by atoms with Crippen LogP contribution < -0.4 is 0 Å². The average molecular weight is 299 g/mol. The van der Waals surface area contributed by atoms with Gasteiger partial charge >= 0.3 is 0 Å². The molecular weight excluding hydrogens is 290 g/mol. The number of methoxy groups -OCH3 is 1. The highest BCUT2D eigenvalue weighted by atomic mass is 127. The molecular formula is C7H8ClIN2O. The highest BCUT2D eigenvalue weighted by molar-refractivity contribution is 14.1. The molecule has 0 N–H and O–H groups in total. The zero-order valence-electron chi connectivity index (χ0n) is 6.71. The smallest absolute Gasteiger partial charge is 0.158 e. The molecule has 0 radical (unpaired) electrons. The lowest BCUT2D eigenvalue weighted by atomic mass is 10.4. The summed E-state index contributed by atoms with van der Waals surface area (Å²) in [5.41, 5.74) is 0. The van der Waals surface area contributed by atoms with Gasteiger partial charge in [-0.25, -0.2) is 9.97 Å². The Bertz CT molecular complexity index is 282. The van der Waals surface area contributed by atoms with Crippen molar-refractivity contribution in [1.29, 1.82) is 0 Å². The minimum absolute atomic E-state index is 0.112. The molecule has 0 bridgehead atoms. The van der Waals surface area contributed by atoms with Crippen LogP contribution in [0.15, 0.2) is 6.20 Å². The molecule has 0 saturated heterocycles. The van der Waals surface area contributed by atoms with Crippen LogP contribution in [-0.4, -0.2) is 17.1 Å². The van der Waals surface area contributed by atoms with E-state index in [9.17, 15) is 0 Å². The van der Waals surface area contributed by atoms with Crippen molar-refractivity contribution >= 4 is 34.2 Å². The molecule has 1 aromatic heterocycles. The Hall–Kier alpha value is 0.0600. The van der Waals surface area contributed by atoms with Gasteiger partial charge in [-0.2, -0.15) is 0 Å². The molecule has 0 aliphatic carbocycles. The fourth-order valence-electron chi connectivity index (χ4n) is 0.660. The van der Waals surface area contributed by atoms with Gasteiger partial charge in [0.25, 0.3) is 0 Å². The molecule has 12 heavy (non-hydrogen) atoms. The van der Waals surface area contributed by atoms with E-state index in [2.05, 4.69) is 32.6 Å². The van der Waals surface area contributed by atoms with E-state index in [0.29, 0.717) is 11.0 Å². The highest BCUT2D eigenvalue weighted by Gasteiger charge is 2.08. The fourth-order valence-corrected chi connectivity index (χ4v) is 1.06. The summed E-state index contributed by atoms with van der Waals surface area (Å²) in [6, 6.07) is 0. The second-order valence-electron chi connectivity index (χ2n) is 2.24. The van der Waals surface area contributed by atoms with Gasteiger partial charge < -0.3 is 4.74 Å². The summed E-state index contributed by atoms with van der Waals surface area (Å²) in [6.07, 6.45) is 1.57. The lowest BCUT2D eigenvalue weighted by Crippen LogP contribution is -2.03. The van der Waals surface area contributed by atoms with Crippen molar-refractivity contribution in [3.8, 4) is 0 Å². The van der Waals surface area contributed by atoms with E-state index < -0.39 is 0 Å². The van der Waals surface area contributed by atoms with Crippen LogP contribution >= 0.6 is 34.2 Å². The number of rotatable bonds is 2. The lowest BCUT2D eigenvalue weighted by molar-refractivity contribution is 0.112. The molecule has 0 saturated carbocycles. The van der Waals surface area contributed by atoms with Crippen molar-refractivity contribution in [1.82, 2.24) is 9.97 Å². The number of nitrogens with zero attached hydrogens (tertiary/aromatic N) is 2. The lowest BCUT2D eigenvalue weighted by Gasteiger charge is -2.07. The zero-order chi connectivity index (χ0) is 9.14. The molecule has 5 heteroatoms. The third kappa shape index (κ3) is 2.27. The number of hydrogen-bond acceptors (Lipinski definition) is 3. The first-order valence-electron chi connectivity index (χ1n) is 3.36. The molecule has 0 amide bonds. The second kappa shape index (κ2) is 4.34. The third-order valence-corrected chi connectivity index (χ3v) is 2.83. The van der Waals surface area contributed by atoms with Crippen molar-refractivity contribution < 1.29 is 4.74 Å². The van der Waals surface area contributed by atoms with E-state index >= 15 is 0 Å². The molecule has 1 rings (SSSR count). The summed E-state index contributed by atoms with van der Waals surface area (Å²) in [4.78, 5) is 8.15. The topological polar surface area (TPSA) is 35.0 Å². The maximum Gasteiger partial charge on any atom is 0.158 e. The van der Waals surface area contributed by atoms with E-state index in [4.69, 9.17) is 16.3 Å². The van der Waals surface area contributed by atoms with E-state index in [-0.39, 0.29) is 6.10 Å². The summed E-state index contributed by atoms with van der Waals surface area (Å²) in [5.74, 6) is 0.614. The van der Waals surface area contributed by atoms with Crippen molar-refractivity contribution in [2.75, 3.05) is 7.11 Å². The van der Waals surface area contributed by atoms with E-state index in [1.54, 1.807) is 13.3 Å². The molecule has 0 aliphatic rings. The Morgan fingerprint density at radius 3 is 2.83 bits per heavy atom. The van der Waals surface area contributed by atoms with Gasteiger partial charge in [0.15, 0.2) is 5.82 Å². The van der Waals surface area contributed by atoms with Crippen molar-refractivity contribution in [2.24, 2.45) is 0 Å². The van der Waals surface area contributed by atoms with Crippen LogP contribution in [0.1, 0.15) is 18.9 Å². The largest absolute Gasteiger partial charge is 0.374 e. The fraction of sp³-hybridized carbons (Fsp3) is 0.429. The number of ether oxygens (including phenoxy) is 1. The van der Waals surface area contributed by atoms with Crippen LogP contribution in [0, 0.1) is 3.57 Å².